The second kappa shape index (κ2) is 7.38. The van der Waals surface area contributed by atoms with Crippen LogP contribution >= 0.6 is 0 Å². The highest BCUT2D eigenvalue weighted by Gasteiger charge is 2.06. The van der Waals surface area contributed by atoms with Crippen molar-refractivity contribution in [3.05, 3.63) is 36.4 Å². The van der Waals surface area contributed by atoms with Crippen LogP contribution in [0.25, 0.3) is 0 Å². The fourth-order valence-corrected chi connectivity index (χ4v) is 1.70. The number of benzene rings is 1. The van der Waals surface area contributed by atoms with Crippen molar-refractivity contribution < 1.29 is 14.2 Å². The predicted octanol–water partition coefficient (Wildman–Crippen LogP) is 3.64. The summed E-state index contributed by atoms with van der Waals surface area (Å²) in [5, 5.41) is 0. The summed E-state index contributed by atoms with van der Waals surface area (Å²) in [4.78, 5) is 4.26. The van der Waals surface area contributed by atoms with Crippen LogP contribution in [0.2, 0.25) is 0 Å². The molecule has 5 heteroatoms. The summed E-state index contributed by atoms with van der Waals surface area (Å²) in [7, 11) is 0. The zero-order chi connectivity index (χ0) is 15.1. The Morgan fingerprint density at radius 2 is 1.67 bits per heavy atom. The molecular formula is C16H20N2O3. The molecule has 0 atom stereocenters. The molecule has 1 aromatic carbocycles. The Labute approximate surface area is 124 Å². The zero-order valence-electron chi connectivity index (χ0n) is 12.3. The first-order valence-electron chi connectivity index (χ1n) is 7.03. The van der Waals surface area contributed by atoms with Gasteiger partial charge >= 0.3 is 0 Å². The molecule has 0 fully saturated rings. The number of anilines is 1. The van der Waals surface area contributed by atoms with Gasteiger partial charge in [0.15, 0.2) is 0 Å². The molecule has 1 heterocycles. The minimum Gasteiger partial charge on any atom is -0.494 e. The van der Waals surface area contributed by atoms with Crippen molar-refractivity contribution in [1.29, 1.82) is 0 Å². The van der Waals surface area contributed by atoms with Crippen molar-refractivity contribution in [2.45, 2.75) is 20.3 Å². The molecule has 0 saturated heterocycles. The monoisotopic (exact) mass is 288 g/mol. The van der Waals surface area contributed by atoms with Crippen LogP contribution in [0, 0.1) is 0 Å². The molecule has 0 aliphatic rings. The van der Waals surface area contributed by atoms with Gasteiger partial charge in [0, 0.05) is 6.07 Å². The van der Waals surface area contributed by atoms with Gasteiger partial charge in [-0.2, -0.15) is 4.98 Å². The van der Waals surface area contributed by atoms with Crippen LogP contribution < -0.4 is 19.9 Å². The van der Waals surface area contributed by atoms with Gasteiger partial charge in [0.2, 0.25) is 11.8 Å². The van der Waals surface area contributed by atoms with E-state index in [0.29, 0.717) is 36.4 Å². The van der Waals surface area contributed by atoms with Gasteiger partial charge in [0.05, 0.1) is 18.9 Å². The highest BCUT2D eigenvalue weighted by molar-refractivity contribution is 5.49. The lowest BCUT2D eigenvalue weighted by Crippen LogP contribution is -2.02. The predicted molar refractivity (Wildman–Crippen MR) is 82.1 cm³/mol. The van der Waals surface area contributed by atoms with E-state index in [1.807, 2.05) is 38.1 Å². The smallest absolute Gasteiger partial charge is 0.240 e. The maximum Gasteiger partial charge on any atom is 0.240 e. The maximum absolute atomic E-state index is 5.82. The lowest BCUT2D eigenvalue weighted by Gasteiger charge is -2.10. The quantitative estimate of drug-likeness (QED) is 0.842. The van der Waals surface area contributed by atoms with E-state index in [-0.39, 0.29) is 0 Å². The van der Waals surface area contributed by atoms with Crippen LogP contribution in [-0.2, 0) is 0 Å². The number of nitrogen functional groups attached to an aromatic ring is 1. The van der Waals surface area contributed by atoms with E-state index in [9.17, 15) is 0 Å². The van der Waals surface area contributed by atoms with E-state index >= 15 is 0 Å². The molecule has 0 aliphatic carbocycles. The topological polar surface area (TPSA) is 66.6 Å². The van der Waals surface area contributed by atoms with E-state index < -0.39 is 0 Å². The van der Waals surface area contributed by atoms with Gasteiger partial charge in [0.1, 0.15) is 11.5 Å². The summed E-state index contributed by atoms with van der Waals surface area (Å²) in [5.74, 6) is 2.33. The molecule has 0 radical (unpaired) electrons. The Morgan fingerprint density at radius 3 is 2.33 bits per heavy atom. The molecular weight excluding hydrogens is 268 g/mol. The number of nitrogens with zero attached hydrogens (tertiary/aromatic N) is 1. The van der Waals surface area contributed by atoms with Crippen molar-refractivity contribution >= 4 is 5.69 Å². The molecule has 0 bridgehead atoms. The van der Waals surface area contributed by atoms with Crippen LogP contribution in [0.1, 0.15) is 20.3 Å². The van der Waals surface area contributed by atoms with E-state index in [2.05, 4.69) is 4.98 Å². The summed E-state index contributed by atoms with van der Waals surface area (Å²) in [5.41, 5.74) is 6.32. The fourth-order valence-electron chi connectivity index (χ4n) is 1.70. The van der Waals surface area contributed by atoms with Gasteiger partial charge in [-0.15, -0.1) is 0 Å². The zero-order valence-corrected chi connectivity index (χ0v) is 12.3. The summed E-state index contributed by atoms with van der Waals surface area (Å²) < 4.78 is 16.5. The molecule has 0 aliphatic heterocycles. The van der Waals surface area contributed by atoms with E-state index in [0.717, 1.165) is 12.2 Å². The molecule has 2 rings (SSSR count). The molecule has 21 heavy (non-hydrogen) atoms. The van der Waals surface area contributed by atoms with Crippen molar-refractivity contribution in [2.24, 2.45) is 0 Å². The highest BCUT2D eigenvalue weighted by atomic mass is 16.5. The van der Waals surface area contributed by atoms with Crippen LogP contribution in [0.3, 0.4) is 0 Å². The van der Waals surface area contributed by atoms with E-state index in [4.69, 9.17) is 19.9 Å². The lowest BCUT2D eigenvalue weighted by molar-refractivity contribution is 0.302. The standard InChI is InChI=1S/C16H20N2O3/c1-3-11-20-16-14(17)9-10-15(18-16)21-13-7-5-12(6-8-13)19-4-2/h5-10H,3-4,11,17H2,1-2H3. The molecule has 2 N–H and O–H groups in total. The Morgan fingerprint density at radius 1 is 0.952 bits per heavy atom. The Balaban J connectivity index is 2.08. The number of aromatic nitrogens is 1. The summed E-state index contributed by atoms with van der Waals surface area (Å²) in [6, 6.07) is 10.8. The number of nitrogens with two attached hydrogens (primary N) is 1. The van der Waals surface area contributed by atoms with Crippen molar-refractivity contribution in [2.75, 3.05) is 18.9 Å². The fraction of sp³-hybridized carbons (Fsp3) is 0.312. The SMILES string of the molecule is CCCOc1nc(Oc2ccc(OCC)cc2)ccc1N. The first-order chi connectivity index (χ1) is 10.2. The maximum atomic E-state index is 5.82. The third-order valence-electron chi connectivity index (χ3n) is 2.66. The second-order valence-corrected chi connectivity index (χ2v) is 4.40. The first-order valence-corrected chi connectivity index (χ1v) is 7.03. The molecule has 0 spiro atoms. The van der Waals surface area contributed by atoms with Crippen molar-refractivity contribution in [3.63, 3.8) is 0 Å². The van der Waals surface area contributed by atoms with Gasteiger partial charge in [-0.25, -0.2) is 0 Å². The number of hydrogen-bond acceptors (Lipinski definition) is 5. The third-order valence-corrected chi connectivity index (χ3v) is 2.66. The number of rotatable bonds is 7. The van der Waals surface area contributed by atoms with Crippen LogP contribution in [0.5, 0.6) is 23.3 Å². The minimum atomic E-state index is 0.403. The average Bonchev–Trinajstić information content (AvgIpc) is 2.50. The van der Waals surface area contributed by atoms with Crippen LogP contribution in [0.15, 0.2) is 36.4 Å². The van der Waals surface area contributed by atoms with Crippen LogP contribution in [0.4, 0.5) is 5.69 Å². The largest absolute Gasteiger partial charge is 0.494 e. The Bertz CT molecular complexity index is 570. The minimum absolute atomic E-state index is 0.403. The number of pyridine rings is 1. The molecule has 0 saturated carbocycles. The van der Waals surface area contributed by atoms with E-state index in [1.165, 1.54) is 0 Å². The summed E-state index contributed by atoms with van der Waals surface area (Å²) >= 11 is 0. The second-order valence-electron chi connectivity index (χ2n) is 4.40. The van der Waals surface area contributed by atoms with Gasteiger partial charge in [0.25, 0.3) is 0 Å². The average molecular weight is 288 g/mol. The molecule has 2 aromatic rings. The summed E-state index contributed by atoms with van der Waals surface area (Å²) in [6.45, 7) is 5.18. The van der Waals surface area contributed by atoms with Gasteiger partial charge < -0.3 is 19.9 Å². The molecule has 0 unspecified atom stereocenters. The molecule has 5 nitrogen and oxygen atoms in total. The molecule has 1 aromatic heterocycles. The molecule has 0 amide bonds. The van der Waals surface area contributed by atoms with Crippen LogP contribution in [-0.4, -0.2) is 18.2 Å². The number of ether oxygens (including phenoxy) is 3. The van der Waals surface area contributed by atoms with Gasteiger partial charge in [-0.3, -0.25) is 0 Å². The van der Waals surface area contributed by atoms with Crippen molar-refractivity contribution in [3.8, 4) is 23.3 Å². The third kappa shape index (κ3) is 4.27. The number of hydrogen-bond donors (Lipinski definition) is 1. The Hall–Kier alpha value is -2.43. The lowest BCUT2D eigenvalue weighted by atomic mass is 10.3. The Kier molecular flexibility index (Phi) is 5.26. The highest BCUT2D eigenvalue weighted by Crippen LogP contribution is 2.27. The first kappa shape index (κ1) is 15.0. The molecule has 112 valence electrons. The van der Waals surface area contributed by atoms with E-state index in [1.54, 1.807) is 12.1 Å². The van der Waals surface area contributed by atoms with Gasteiger partial charge in [-0.1, -0.05) is 6.92 Å². The normalized spacial score (nSPS) is 10.2. The van der Waals surface area contributed by atoms with Gasteiger partial charge in [-0.05, 0) is 43.7 Å². The van der Waals surface area contributed by atoms with Crippen molar-refractivity contribution in [1.82, 2.24) is 4.98 Å². The summed E-state index contributed by atoms with van der Waals surface area (Å²) in [6.07, 6.45) is 0.894.